The largest absolute Gasteiger partial charge is 0.616 e. The first-order valence-electron chi connectivity index (χ1n) is 7.75. The van der Waals surface area contributed by atoms with Crippen LogP contribution in [0, 0.1) is 11.1 Å². The molecule has 0 spiro atoms. The van der Waals surface area contributed by atoms with Gasteiger partial charge in [0, 0.05) is 18.2 Å². The molecule has 25 heavy (non-hydrogen) atoms. The molecular weight excluding hydrogens is 326 g/mol. The van der Waals surface area contributed by atoms with Crippen molar-refractivity contribution in [3.05, 3.63) is 51.2 Å². The fraction of sp³-hybridized carbons (Fsp3) is 0.353. The van der Waals surface area contributed by atoms with E-state index in [-0.39, 0.29) is 29.6 Å². The summed E-state index contributed by atoms with van der Waals surface area (Å²) in [6.07, 6.45) is 0.271. The van der Waals surface area contributed by atoms with E-state index in [1.807, 2.05) is 13.8 Å². The van der Waals surface area contributed by atoms with Crippen LogP contribution < -0.4 is 25.1 Å². The summed E-state index contributed by atoms with van der Waals surface area (Å²) in [7, 11) is 2.78. The molecule has 8 heteroatoms. The maximum absolute atomic E-state index is 12.5. The minimum atomic E-state index is -0.664. The van der Waals surface area contributed by atoms with Crippen LogP contribution in [0.4, 0.5) is 5.69 Å². The number of carbonyl (C=O) groups excluding carboxylic acids is 1. The Morgan fingerprint density at radius 1 is 1.32 bits per heavy atom. The number of H-pyrrole nitrogens is 1. The number of nitrogens with zero attached hydrogens (tertiary/aromatic N) is 1. The molecule has 0 saturated carbocycles. The number of anilines is 1. The summed E-state index contributed by atoms with van der Waals surface area (Å²) in [6, 6.07) is 6.70. The molecule has 0 aliphatic carbocycles. The smallest absolute Gasteiger partial charge is 0.409 e. The Balaban J connectivity index is 2.40. The molecule has 1 heterocycles. The molecule has 0 aliphatic heterocycles. The summed E-state index contributed by atoms with van der Waals surface area (Å²) >= 11 is 0. The van der Waals surface area contributed by atoms with Crippen molar-refractivity contribution in [1.82, 2.24) is 4.98 Å². The summed E-state index contributed by atoms with van der Waals surface area (Å²) in [4.78, 5) is 27.1. The maximum atomic E-state index is 12.5. The number of hydrogen-bond acceptors (Lipinski definition) is 5. The molecule has 0 radical (unpaired) electrons. The molecule has 0 saturated heterocycles. The number of aromatic nitrogens is 2. The zero-order chi connectivity index (χ0) is 18.6. The second-order valence-electron chi connectivity index (χ2n) is 5.86. The topological polar surface area (TPSA) is 107 Å². The standard InChI is InChI=1S/C17H21N3O5/c1-10(2)8-13-15(21)19-14(17(25-4)20(13)23)16(22)18-11-6-5-7-12(9-11)24-3/h5-7,9-10H,8H2,1-4H3,(H,18,22)(H,19,21). The fourth-order valence-electron chi connectivity index (χ4n) is 2.35. The van der Waals surface area contributed by atoms with Crippen molar-refractivity contribution >= 4 is 11.6 Å². The van der Waals surface area contributed by atoms with Crippen LogP contribution in [-0.2, 0) is 6.42 Å². The van der Waals surface area contributed by atoms with Gasteiger partial charge in [-0.3, -0.25) is 9.59 Å². The second kappa shape index (κ2) is 7.69. The van der Waals surface area contributed by atoms with Crippen molar-refractivity contribution in [2.75, 3.05) is 19.5 Å². The molecule has 0 fully saturated rings. The lowest BCUT2D eigenvalue weighted by Gasteiger charge is -2.12. The number of methoxy groups -OCH3 is 2. The van der Waals surface area contributed by atoms with E-state index in [1.165, 1.54) is 14.2 Å². The molecule has 1 aromatic carbocycles. The van der Waals surface area contributed by atoms with Crippen molar-refractivity contribution < 1.29 is 19.0 Å². The highest BCUT2D eigenvalue weighted by molar-refractivity contribution is 6.04. The van der Waals surface area contributed by atoms with Crippen LogP contribution >= 0.6 is 0 Å². The van der Waals surface area contributed by atoms with Gasteiger partial charge in [-0.1, -0.05) is 19.9 Å². The van der Waals surface area contributed by atoms with Crippen molar-refractivity contribution in [3.63, 3.8) is 0 Å². The molecule has 0 atom stereocenters. The molecular formula is C17H21N3O5. The Morgan fingerprint density at radius 2 is 2.04 bits per heavy atom. The highest BCUT2D eigenvalue weighted by Crippen LogP contribution is 2.18. The lowest BCUT2D eigenvalue weighted by atomic mass is 10.1. The zero-order valence-electron chi connectivity index (χ0n) is 14.6. The van der Waals surface area contributed by atoms with Gasteiger partial charge in [0.15, 0.2) is 0 Å². The Kier molecular flexibility index (Phi) is 5.63. The number of ether oxygens (including phenoxy) is 2. The highest BCUT2D eigenvalue weighted by atomic mass is 16.5. The normalized spacial score (nSPS) is 10.6. The summed E-state index contributed by atoms with van der Waals surface area (Å²) < 4.78 is 10.5. The van der Waals surface area contributed by atoms with Gasteiger partial charge < -0.3 is 25.0 Å². The molecule has 2 N–H and O–H groups in total. The minimum Gasteiger partial charge on any atom is -0.616 e. The summed E-state index contributed by atoms with van der Waals surface area (Å²) in [5, 5.41) is 15.0. The molecule has 2 rings (SSSR count). The first kappa shape index (κ1) is 18.3. The van der Waals surface area contributed by atoms with Gasteiger partial charge >= 0.3 is 11.4 Å². The van der Waals surface area contributed by atoms with Gasteiger partial charge in [0.2, 0.25) is 5.69 Å². The first-order valence-corrected chi connectivity index (χ1v) is 7.75. The van der Waals surface area contributed by atoms with Gasteiger partial charge in [-0.2, -0.15) is 0 Å². The lowest BCUT2D eigenvalue weighted by molar-refractivity contribution is -0.622. The maximum Gasteiger partial charge on any atom is 0.409 e. The molecule has 0 aliphatic rings. The van der Waals surface area contributed by atoms with E-state index < -0.39 is 11.5 Å². The average Bonchev–Trinajstić information content (AvgIpc) is 2.58. The summed E-state index contributed by atoms with van der Waals surface area (Å²) in [5.41, 5.74) is -0.390. The van der Waals surface area contributed by atoms with Crippen LogP contribution in [0.1, 0.15) is 30.0 Å². The fourth-order valence-corrected chi connectivity index (χ4v) is 2.35. The van der Waals surface area contributed by atoms with Crippen LogP contribution in [-0.4, -0.2) is 25.1 Å². The van der Waals surface area contributed by atoms with E-state index in [4.69, 9.17) is 9.47 Å². The van der Waals surface area contributed by atoms with Gasteiger partial charge in [0.1, 0.15) is 5.75 Å². The molecule has 134 valence electrons. The molecule has 1 aromatic heterocycles. The van der Waals surface area contributed by atoms with E-state index in [1.54, 1.807) is 24.3 Å². The predicted octanol–water partition coefficient (Wildman–Crippen LogP) is 1.48. The van der Waals surface area contributed by atoms with Crippen LogP contribution in [0.5, 0.6) is 11.6 Å². The third-order valence-corrected chi connectivity index (χ3v) is 3.49. The third-order valence-electron chi connectivity index (χ3n) is 3.49. The van der Waals surface area contributed by atoms with Gasteiger partial charge in [-0.25, -0.2) is 0 Å². The number of amides is 1. The van der Waals surface area contributed by atoms with E-state index in [0.29, 0.717) is 16.2 Å². The number of hydrogen-bond donors (Lipinski definition) is 2. The monoisotopic (exact) mass is 347 g/mol. The minimum absolute atomic E-state index is 0.00443. The molecule has 2 aromatic rings. The Hall–Kier alpha value is -3.03. The molecule has 8 nitrogen and oxygen atoms in total. The van der Waals surface area contributed by atoms with E-state index in [2.05, 4.69) is 10.3 Å². The van der Waals surface area contributed by atoms with Crippen molar-refractivity contribution in [2.24, 2.45) is 5.92 Å². The Labute approximate surface area is 145 Å². The third kappa shape index (κ3) is 4.09. The van der Waals surface area contributed by atoms with Gasteiger partial charge in [0.05, 0.1) is 14.2 Å². The van der Waals surface area contributed by atoms with Crippen LogP contribution in [0.2, 0.25) is 0 Å². The second-order valence-corrected chi connectivity index (χ2v) is 5.86. The van der Waals surface area contributed by atoms with Crippen LogP contribution in [0.25, 0.3) is 0 Å². The van der Waals surface area contributed by atoms with Gasteiger partial charge in [0.25, 0.3) is 11.6 Å². The van der Waals surface area contributed by atoms with Crippen LogP contribution in [0.3, 0.4) is 0 Å². The number of benzene rings is 1. The summed E-state index contributed by atoms with van der Waals surface area (Å²) in [5.74, 6) is -0.259. The predicted molar refractivity (Wildman–Crippen MR) is 92.1 cm³/mol. The van der Waals surface area contributed by atoms with Crippen molar-refractivity contribution in [3.8, 4) is 11.6 Å². The first-order chi connectivity index (χ1) is 11.9. The molecule has 1 amide bonds. The van der Waals surface area contributed by atoms with Crippen molar-refractivity contribution in [2.45, 2.75) is 20.3 Å². The molecule has 0 unspecified atom stereocenters. The number of nitrogens with one attached hydrogen (secondary N) is 2. The quantitative estimate of drug-likeness (QED) is 0.608. The lowest BCUT2D eigenvalue weighted by Crippen LogP contribution is -2.44. The number of carbonyl (C=O) groups is 1. The molecule has 0 bridgehead atoms. The SMILES string of the molecule is COc1cccc(NC(=O)c2[nH]c(=O)c(CC(C)C)[n+]([O-])c2OC)c1. The van der Waals surface area contributed by atoms with Gasteiger partial charge in [-0.15, -0.1) is 4.73 Å². The zero-order valence-corrected chi connectivity index (χ0v) is 14.6. The highest BCUT2D eigenvalue weighted by Gasteiger charge is 2.27. The Bertz CT molecular complexity index is 830. The van der Waals surface area contributed by atoms with Crippen LogP contribution in [0.15, 0.2) is 29.1 Å². The van der Waals surface area contributed by atoms with E-state index >= 15 is 0 Å². The van der Waals surface area contributed by atoms with Gasteiger partial charge in [-0.05, 0) is 18.1 Å². The average molecular weight is 347 g/mol. The Morgan fingerprint density at radius 3 is 2.64 bits per heavy atom. The number of aromatic amines is 1. The van der Waals surface area contributed by atoms with E-state index in [0.717, 1.165) is 0 Å². The number of rotatable bonds is 6. The van der Waals surface area contributed by atoms with E-state index in [9.17, 15) is 14.8 Å². The summed E-state index contributed by atoms with van der Waals surface area (Å²) in [6.45, 7) is 3.77. The van der Waals surface area contributed by atoms with Crippen molar-refractivity contribution in [1.29, 1.82) is 0 Å².